The molecule has 134 valence electrons. The minimum absolute atomic E-state index is 0.00147. The van der Waals surface area contributed by atoms with Gasteiger partial charge in [-0.3, -0.25) is 10.2 Å². The van der Waals surface area contributed by atoms with E-state index in [4.69, 9.17) is 4.74 Å². The number of carbonyl (C=O) groups excluding carboxylic acids is 1. The van der Waals surface area contributed by atoms with E-state index in [-0.39, 0.29) is 12.0 Å². The first kappa shape index (κ1) is 17.5. The van der Waals surface area contributed by atoms with Gasteiger partial charge >= 0.3 is 6.18 Å². The van der Waals surface area contributed by atoms with Gasteiger partial charge in [0.2, 0.25) is 5.91 Å². The summed E-state index contributed by atoms with van der Waals surface area (Å²) < 4.78 is 47.4. The van der Waals surface area contributed by atoms with Crippen LogP contribution in [-0.4, -0.2) is 29.7 Å². The monoisotopic (exact) mass is 352 g/mol. The van der Waals surface area contributed by atoms with Crippen LogP contribution in [0.1, 0.15) is 31.9 Å². The van der Waals surface area contributed by atoms with Crippen molar-refractivity contribution in [1.29, 1.82) is 0 Å². The first-order valence-electron chi connectivity index (χ1n) is 7.86. The first-order chi connectivity index (χ1) is 11.6. The van der Waals surface area contributed by atoms with E-state index in [1.54, 1.807) is 44.2 Å². The van der Waals surface area contributed by atoms with Crippen LogP contribution in [0.5, 0.6) is 5.75 Å². The lowest BCUT2D eigenvalue weighted by Gasteiger charge is -2.38. The summed E-state index contributed by atoms with van der Waals surface area (Å²) in [5, 5.41) is 2.13. The average Bonchev–Trinajstić information content (AvgIpc) is 2.78. The maximum absolute atomic E-state index is 14.1. The molecule has 1 fully saturated rings. The number of rotatable bonds is 3. The molecule has 1 aliphatic heterocycles. The van der Waals surface area contributed by atoms with Gasteiger partial charge in [-0.2, -0.15) is 18.2 Å². The first-order valence-corrected chi connectivity index (χ1v) is 7.86. The molecular formula is C18H19F3N2O2. The van der Waals surface area contributed by atoms with E-state index < -0.39 is 23.7 Å². The molecular weight excluding hydrogens is 333 g/mol. The summed E-state index contributed by atoms with van der Waals surface area (Å²) in [7, 11) is 1.41. The highest BCUT2D eigenvalue weighted by Crippen LogP contribution is 2.45. The number of carbonyl (C=O) groups is 1. The third kappa shape index (κ3) is 3.16. The Bertz CT molecular complexity index is 818. The Morgan fingerprint density at radius 2 is 1.92 bits per heavy atom. The Labute approximate surface area is 143 Å². The zero-order valence-electron chi connectivity index (χ0n) is 14.1. The lowest BCUT2D eigenvalue weighted by atomic mass is 9.93. The molecule has 0 bridgehead atoms. The summed E-state index contributed by atoms with van der Waals surface area (Å²) in [6.07, 6.45) is -4.58. The number of benzene rings is 2. The van der Waals surface area contributed by atoms with E-state index in [9.17, 15) is 18.0 Å². The van der Waals surface area contributed by atoms with Crippen molar-refractivity contribution in [3.05, 3.63) is 42.0 Å². The van der Waals surface area contributed by atoms with Crippen LogP contribution in [0.3, 0.4) is 0 Å². The molecule has 0 aromatic heterocycles. The fourth-order valence-corrected chi connectivity index (χ4v) is 3.33. The number of nitrogens with one attached hydrogen (secondary N) is 1. The summed E-state index contributed by atoms with van der Waals surface area (Å²) in [5.41, 5.74) is 1.47. The van der Waals surface area contributed by atoms with Gasteiger partial charge in [0, 0.05) is 12.0 Å². The van der Waals surface area contributed by atoms with Crippen molar-refractivity contribution in [2.24, 2.45) is 0 Å². The zero-order valence-corrected chi connectivity index (χ0v) is 14.1. The van der Waals surface area contributed by atoms with Crippen LogP contribution in [-0.2, 0) is 4.79 Å². The van der Waals surface area contributed by atoms with Gasteiger partial charge in [0.1, 0.15) is 5.75 Å². The molecule has 1 N–H and O–H groups in total. The minimum atomic E-state index is -4.58. The average molecular weight is 352 g/mol. The van der Waals surface area contributed by atoms with Gasteiger partial charge in [0.25, 0.3) is 0 Å². The summed E-state index contributed by atoms with van der Waals surface area (Å²) in [4.78, 5) is 11.8. The van der Waals surface area contributed by atoms with Crippen LogP contribution < -0.4 is 10.2 Å². The van der Waals surface area contributed by atoms with Crippen molar-refractivity contribution in [3.63, 3.8) is 0 Å². The second-order valence-corrected chi connectivity index (χ2v) is 6.78. The number of alkyl halides is 3. The minimum Gasteiger partial charge on any atom is -0.497 e. The normalized spacial score (nSPS) is 19.0. The molecule has 0 aliphatic carbocycles. The lowest BCUT2D eigenvalue weighted by Crippen LogP contribution is -2.51. The highest BCUT2D eigenvalue weighted by molar-refractivity contribution is 5.88. The molecule has 0 saturated carbocycles. The van der Waals surface area contributed by atoms with Crippen molar-refractivity contribution in [2.75, 3.05) is 7.11 Å². The molecule has 1 amide bonds. The number of hydrazine groups is 1. The number of hydrogen-bond donors (Lipinski definition) is 1. The SMILES string of the molecule is COc1cc([C@H](N2NC(=O)CC2(C)C)C(F)(F)F)c2ccccc2c1. The van der Waals surface area contributed by atoms with E-state index >= 15 is 0 Å². The number of hydrogen-bond acceptors (Lipinski definition) is 3. The van der Waals surface area contributed by atoms with E-state index in [2.05, 4.69) is 5.43 Å². The molecule has 3 rings (SSSR count). The van der Waals surface area contributed by atoms with Crippen molar-refractivity contribution >= 4 is 16.7 Å². The highest BCUT2D eigenvalue weighted by Gasteiger charge is 2.53. The number of amides is 1. The fourth-order valence-electron chi connectivity index (χ4n) is 3.33. The largest absolute Gasteiger partial charge is 0.497 e. The molecule has 1 aliphatic rings. The molecule has 1 heterocycles. The smallest absolute Gasteiger partial charge is 0.409 e. The predicted molar refractivity (Wildman–Crippen MR) is 88.0 cm³/mol. The van der Waals surface area contributed by atoms with E-state index in [1.807, 2.05) is 0 Å². The maximum atomic E-state index is 14.1. The third-order valence-electron chi connectivity index (χ3n) is 4.46. The Morgan fingerprint density at radius 1 is 1.24 bits per heavy atom. The van der Waals surface area contributed by atoms with Gasteiger partial charge in [0.15, 0.2) is 6.04 Å². The van der Waals surface area contributed by atoms with Gasteiger partial charge < -0.3 is 4.74 Å². The van der Waals surface area contributed by atoms with Crippen LogP contribution in [0, 0.1) is 0 Å². The number of halogens is 3. The van der Waals surface area contributed by atoms with Crippen molar-refractivity contribution < 1.29 is 22.7 Å². The molecule has 2 aromatic rings. The van der Waals surface area contributed by atoms with Crippen LogP contribution in [0.4, 0.5) is 13.2 Å². The van der Waals surface area contributed by atoms with Gasteiger partial charge in [-0.1, -0.05) is 24.3 Å². The van der Waals surface area contributed by atoms with Gasteiger partial charge in [-0.05, 0) is 42.3 Å². The number of nitrogens with zero attached hydrogens (tertiary/aromatic N) is 1. The topological polar surface area (TPSA) is 41.6 Å². The van der Waals surface area contributed by atoms with Crippen LogP contribution in [0.2, 0.25) is 0 Å². The predicted octanol–water partition coefficient (Wildman–Crippen LogP) is 3.97. The highest BCUT2D eigenvalue weighted by atomic mass is 19.4. The van der Waals surface area contributed by atoms with Gasteiger partial charge in [-0.15, -0.1) is 0 Å². The molecule has 2 aromatic carbocycles. The summed E-state index contributed by atoms with van der Waals surface area (Å²) >= 11 is 0. The van der Waals surface area contributed by atoms with Crippen molar-refractivity contribution in [1.82, 2.24) is 10.4 Å². The summed E-state index contributed by atoms with van der Waals surface area (Å²) in [5.74, 6) is -0.0854. The van der Waals surface area contributed by atoms with Crippen LogP contribution >= 0.6 is 0 Å². The fraction of sp³-hybridized carbons (Fsp3) is 0.389. The summed E-state index contributed by atoms with van der Waals surface area (Å²) in [6.45, 7) is 3.23. The van der Waals surface area contributed by atoms with E-state index in [0.717, 1.165) is 5.01 Å². The Hall–Kier alpha value is -2.28. The molecule has 0 spiro atoms. The zero-order chi connectivity index (χ0) is 18.4. The molecule has 4 nitrogen and oxygen atoms in total. The molecule has 7 heteroatoms. The van der Waals surface area contributed by atoms with Gasteiger partial charge in [0.05, 0.1) is 7.11 Å². The molecule has 25 heavy (non-hydrogen) atoms. The van der Waals surface area contributed by atoms with Crippen molar-refractivity contribution in [3.8, 4) is 5.75 Å². The second kappa shape index (κ2) is 5.91. The number of fused-ring (bicyclic) bond motifs is 1. The summed E-state index contributed by atoms with van der Waals surface area (Å²) in [6, 6.07) is 7.95. The van der Waals surface area contributed by atoms with E-state index in [0.29, 0.717) is 16.5 Å². The third-order valence-corrected chi connectivity index (χ3v) is 4.46. The maximum Gasteiger partial charge on any atom is 0.409 e. The molecule has 0 radical (unpaired) electrons. The Balaban J connectivity index is 2.25. The molecule has 1 atom stereocenters. The van der Waals surface area contributed by atoms with Crippen LogP contribution in [0.15, 0.2) is 36.4 Å². The number of methoxy groups -OCH3 is 1. The Kier molecular flexibility index (Phi) is 4.15. The van der Waals surface area contributed by atoms with Crippen LogP contribution in [0.25, 0.3) is 10.8 Å². The lowest BCUT2D eigenvalue weighted by molar-refractivity contribution is -0.203. The standard InChI is InChI=1S/C18H19F3N2O2/c1-17(2)10-15(24)22-23(17)16(18(19,20)21)14-9-12(25-3)8-11-6-4-5-7-13(11)14/h4-9,16H,10H2,1-3H3,(H,22,24)/t16-/m0/s1. The number of ether oxygens (including phenoxy) is 1. The quantitative estimate of drug-likeness (QED) is 0.909. The molecule has 0 unspecified atom stereocenters. The molecule has 1 saturated heterocycles. The van der Waals surface area contributed by atoms with Gasteiger partial charge in [-0.25, -0.2) is 0 Å². The van der Waals surface area contributed by atoms with E-state index in [1.165, 1.54) is 13.2 Å². The Morgan fingerprint density at radius 3 is 2.48 bits per heavy atom. The second-order valence-electron chi connectivity index (χ2n) is 6.78. The van der Waals surface area contributed by atoms with Crippen molar-refractivity contribution in [2.45, 2.75) is 38.0 Å².